The number of benzene rings is 2. The van der Waals surface area contributed by atoms with Crippen LogP contribution in [0.15, 0.2) is 42.5 Å². The second kappa shape index (κ2) is 7.58. The number of rotatable bonds is 6. The SMILES string of the molecule is COc1ccc(-c2nc(-c3ccc(NS(C)(=O)=O)cc3)c(C)s2)cc1OC. The van der Waals surface area contributed by atoms with Crippen molar-refractivity contribution in [2.45, 2.75) is 6.92 Å². The van der Waals surface area contributed by atoms with E-state index in [1.54, 1.807) is 37.7 Å². The summed E-state index contributed by atoms with van der Waals surface area (Å²) < 4.78 is 35.8. The zero-order valence-corrected chi connectivity index (χ0v) is 17.1. The van der Waals surface area contributed by atoms with E-state index in [4.69, 9.17) is 14.5 Å². The lowest BCUT2D eigenvalue weighted by atomic mass is 10.1. The molecule has 3 rings (SSSR count). The van der Waals surface area contributed by atoms with Gasteiger partial charge in [0.05, 0.1) is 26.2 Å². The van der Waals surface area contributed by atoms with Crippen molar-refractivity contribution < 1.29 is 17.9 Å². The third-order valence-electron chi connectivity index (χ3n) is 3.89. The number of hydrogen-bond donors (Lipinski definition) is 1. The molecule has 2 aromatic carbocycles. The standard InChI is InChI=1S/C19H20N2O4S2/c1-12-18(13-5-8-15(9-6-13)21-27(4,22)23)20-19(26-12)14-7-10-16(24-2)17(11-14)25-3/h5-11,21H,1-4H3. The van der Waals surface area contributed by atoms with Gasteiger partial charge in [0.2, 0.25) is 10.0 Å². The Kier molecular flexibility index (Phi) is 5.38. The first-order valence-electron chi connectivity index (χ1n) is 8.09. The summed E-state index contributed by atoms with van der Waals surface area (Å²) in [7, 11) is -0.0868. The molecule has 0 saturated carbocycles. The topological polar surface area (TPSA) is 77.5 Å². The fourth-order valence-corrected chi connectivity index (χ4v) is 4.16. The first kappa shape index (κ1) is 19.2. The fraction of sp³-hybridized carbons (Fsp3) is 0.211. The molecule has 1 N–H and O–H groups in total. The molecule has 1 heterocycles. The Bertz CT molecular complexity index is 1060. The van der Waals surface area contributed by atoms with Gasteiger partial charge < -0.3 is 9.47 Å². The number of nitrogens with one attached hydrogen (secondary N) is 1. The first-order valence-corrected chi connectivity index (χ1v) is 10.8. The van der Waals surface area contributed by atoms with Crippen molar-refractivity contribution in [3.05, 3.63) is 47.3 Å². The Hall–Kier alpha value is -2.58. The molecule has 0 spiro atoms. The summed E-state index contributed by atoms with van der Waals surface area (Å²) in [4.78, 5) is 5.84. The molecule has 0 aliphatic heterocycles. The number of anilines is 1. The quantitative estimate of drug-likeness (QED) is 0.667. The smallest absolute Gasteiger partial charge is 0.229 e. The van der Waals surface area contributed by atoms with E-state index in [0.29, 0.717) is 17.2 Å². The van der Waals surface area contributed by atoms with E-state index in [-0.39, 0.29) is 0 Å². The van der Waals surface area contributed by atoms with Gasteiger partial charge in [-0.1, -0.05) is 12.1 Å². The fourth-order valence-electron chi connectivity index (χ4n) is 2.67. The van der Waals surface area contributed by atoms with Gasteiger partial charge in [-0.25, -0.2) is 13.4 Å². The molecule has 8 heteroatoms. The number of thiazole rings is 1. The number of aromatic nitrogens is 1. The highest BCUT2D eigenvalue weighted by molar-refractivity contribution is 7.92. The van der Waals surface area contributed by atoms with E-state index in [1.165, 1.54) is 0 Å². The summed E-state index contributed by atoms with van der Waals surface area (Å²) in [6.45, 7) is 2.01. The van der Waals surface area contributed by atoms with Crippen molar-refractivity contribution in [1.82, 2.24) is 4.98 Å². The molecule has 142 valence electrons. The molecule has 0 aliphatic rings. The monoisotopic (exact) mass is 404 g/mol. The molecular weight excluding hydrogens is 384 g/mol. The van der Waals surface area contributed by atoms with E-state index >= 15 is 0 Å². The Morgan fingerprint density at radius 3 is 2.19 bits per heavy atom. The second-order valence-corrected chi connectivity index (χ2v) is 8.90. The molecule has 0 saturated heterocycles. The number of hydrogen-bond acceptors (Lipinski definition) is 6. The highest BCUT2D eigenvalue weighted by atomic mass is 32.2. The predicted molar refractivity (Wildman–Crippen MR) is 109 cm³/mol. The van der Waals surface area contributed by atoms with Crippen LogP contribution in [0.2, 0.25) is 0 Å². The number of aryl methyl sites for hydroxylation is 1. The van der Waals surface area contributed by atoms with Crippen LogP contribution in [0, 0.1) is 6.92 Å². The Labute approximate surface area is 162 Å². The first-order chi connectivity index (χ1) is 12.8. The van der Waals surface area contributed by atoms with Crippen molar-refractivity contribution in [2.24, 2.45) is 0 Å². The molecule has 0 bridgehead atoms. The lowest BCUT2D eigenvalue weighted by Crippen LogP contribution is -2.09. The third kappa shape index (κ3) is 4.40. The molecular formula is C19H20N2O4S2. The molecule has 0 aliphatic carbocycles. The van der Waals surface area contributed by atoms with Crippen molar-refractivity contribution in [2.75, 3.05) is 25.2 Å². The van der Waals surface area contributed by atoms with E-state index in [9.17, 15) is 8.42 Å². The van der Waals surface area contributed by atoms with Crippen LogP contribution in [-0.4, -0.2) is 33.9 Å². The maximum absolute atomic E-state index is 11.3. The summed E-state index contributed by atoms with van der Waals surface area (Å²) in [5, 5.41) is 0.877. The minimum Gasteiger partial charge on any atom is -0.493 e. The lowest BCUT2D eigenvalue weighted by Gasteiger charge is -2.08. The van der Waals surface area contributed by atoms with Crippen LogP contribution in [0.25, 0.3) is 21.8 Å². The van der Waals surface area contributed by atoms with Gasteiger partial charge in [-0.2, -0.15) is 0 Å². The van der Waals surface area contributed by atoms with Crippen LogP contribution >= 0.6 is 11.3 Å². The Morgan fingerprint density at radius 1 is 0.963 bits per heavy atom. The van der Waals surface area contributed by atoms with Gasteiger partial charge in [-0.15, -0.1) is 11.3 Å². The largest absolute Gasteiger partial charge is 0.493 e. The minimum absolute atomic E-state index is 0.522. The van der Waals surface area contributed by atoms with Gasteiger partial charge >= 0.3 is 0 Å². The zero-order chi connectivity index (χ0) is 19.6. The van der Waals surface area contributed by atoms with Crippen LogP contribution in [0.3, 0.4) is 0 Å². The normalized spacial score (nSPS) is 11.3. The van der Waals surface area contributed by atoms with Gasteiger partial charge in [0.25, 0.3) is 0 Å². The highest BCUT2D eigenvalue weighted by Crippen LogP contribution is 2.37. The molecule has 6 nitrogen and oxygen atoms in total. The summed E-state index contributed by atoms with van der Waals surface area (Å²) in [6, 6.07) is 12.9. The summed E-state index contributed by atoms with van der Waals surface area (Å²) in [5.41, 5.74) is 3.27. The average Bonchev–Trinajstić information content (AvgIpc) is 3.02. The van der Waals surface area contributed by atoms with E-state index in [0.717, 1.165) is 33.0 Å². The third-order valence-corrected chi connectivity index (χ3v) is 5.52. The summed E-state index contributed by atoms with van der Waals surface area (Å²) in [5.74, 6) is 1.32. The van der Waals surface area contributed by atoms with Crippen LogP contribution in [-0.2, 0) is 10.0 Å². The number of methoxy groups -OCH3 is 2. The van der Waals surface area contributed by atoms with Crippen LogP contribution in [0.5, 0.6) is 11.5 Å². The molecule has 0 atom stereocenters. The number of nitrogens with zero attached hydrogens (tertiary/aromatic N) is 1. The highest BCUT2D eigenvalue weighted by Gasteiger charge is 2.14. The average molecular weight is 405 g/mol. The van der Waals surface area contributed by atoms with Gasteiger partial charge in [0, 0.05) is 21.7 Å². The van der Waals surface area contributed by atoms with E-state index in [1.807, 2.05) is 37.3 Å². The van der Waals surface area contributed by atoms with Crippen LogP contribution in [0.4, 0.5) is 5.69 Å². The van der Waals surface area contributed by atoms with Gasteiger partial charge in [-0.05, 0) is 37.3 Å². The summed E-state index contributed by atoms with van der Waals surface area (Å²) in [6.07, 6.45) is 1.13. The number of ether oxygens (including phenoxy) is 2. The minimum atomic E-state index is -3.29. The van der Waals surface area contributed by atoms with Gasteiger partial charge in [-0.3, -0.25) is 4.72 Å². The maximum Gasteiger partial charge on any atom is 0.229 e. The number of sulfonamides is 1. The van der Waals surface area contributed by atoms with Gasteiger partial charge in [0.15, 0.2) is 11.5 Å². The molecule has 0 unspecified atom stereocenters. The van der Waals surface area contributed by atoms with Crippen LogP contribution in [0.1, 0.15) is 4.88 Å². The Balaban J connectivity index is 1.93. The molecule has 0 fully saturated rings. The van der Waals surface area contributed by atoms with Crippen molar-refractivity contribution in [3.8, 4) is 33.3 Å². The Morgan fingerprint density at radius 2 is 1.59 bits per heavy atom. The van der Waals surface area contributed by atoms with Crippen LogP contribution < -0.4 is 14.2 Å². The lowest BCUT2D eigenvalue weighted by molar-refractivity contribution is 0.355. The molecule has 1 aromatic heterocycles. The molecule has 0 amide bonds. The molecule has 27 heavy (non-hydrogen) atoms. The van der Waals surface area contributed by atoms with Crippen molar-refractivity contribution in [1.29, 1.82) is 0 Å². The molecule has 3 aromatic rings. The van der Waals surface area contributed by atoms with E-state index < -0.39 is 10.0 Å². The molecule has 0 radical (unpaired) electrons. The van der Waals surface area contributed by atoms with Crippen molar-refractivity contribution >= 4 is 27.0 Å². The zero-order valence-electron chi connectivity index (χ0n) is 15.4. The van der Waals surface area contributed by atoms with Gasteiger partial charge in [0.1, 0.15) is 5.01 Å². The van der Waals surface area contributed by atoms with E-state index in [2.05, 4.69) is 4.72 Å². The maximum atomic E-state index is 11.3. The summed E-state index contributed by atoms with van der Waals surface area (Å²) >= 11 is 1.59. The predicted octanol–water partition coefficient (Wildman–Crippen LogP) is 4.17. The van der Waals surface area contributed by atoms with Crippen molar-refractivity contribution in [3.63, 3.8) is 0 Å². The second-order valence-electron chi connectivity index (χ2n) is 5.95.